The van der Waals surface area contributed by atoms with Crippen LogP contribution in [0, 0.1) is 6.92 Å². The summed E-state index contributed by atoms with van der Waals surface area (Å²) >= 11 is 6.08. The summed E-state index contributed by atoms with van der Waals surface area (Å²) in [7, 11) is -3.54. The largest absolute Gasteiger partial charge is 0.425 e. The molecule has 0 N–H and O–H groups in total. The van der Waals surface area contributed by atoms with Crippen molar-refractivity contribution in [3.63, 3.8) is 0 Å². The molecule has 0 amide bonds. The van der Waals surface area contributed by atoms with E-state index >= 15 is 0 Å². The Kier molecular flexibility index (Phi) is 4.33. The Labute approximate surface area is 152 Å². The highest BCUT2D eigenvalue weighted by molar-refractivity contribution is 7.89. The van der Waals surface area contributed by atoms with E-state index in [-0.39, 0.29) is 10.8 Å². The lowest BCUT2D eigenvalue weighted by Gasteiger charge is -2.30. The van der Waals surface area contributed by atoms with Gasteiger partial charge in [-0.2, -0.15) is 4.31 Å². The van der Waals surface area contributed by atoms with Gasteiger partial charge in [-0.1, -0.05) is 17.7 Å². The first-order valence-corrected chi connectivity index (χ1v) is 10.4. The number of benzene rings is 1. The normalized spacial score (nSPS) is 20.1. The van der Waals surface area contributed by atoms with Crippen LogP contribution in [0.3, 0.4) is 0 Å². The molecule has 0 atom stereocenters. The third-order valence-electron chi connectivity index (χ3n) is 5.02. The van der Waals surface area contributed by atoms with Crippen molar-refractivity contribution in [3.05, 3.63) is 40.6 Å². The molecule has 0 spiro atoms. The van der Waals surface area contributed by atoms with Crippen molar-refractivity contribution in [1.82, 2.24) is 14.5 Å². The van der Waals surface area contributed by atoms with Crippen LogP contribution in [0.15, 0.2) is 27.5 Å². The third-order valence-corrected chi connectivity index (χ3v) is 7.47. The van der Waals surface area contributed by atoms with Crippen LogP contribution in [0.4, 0.5) is 0 Å². The maximum absolute atomic E-state index is 12.9. The number of halogens is 1. The second kappa shape index (κ2) is 6.37. The minimum atomic E-state index is -3.54. The molecule has 1 saturated heterocycles. The Morgan fingerprint density at radius 1 is 1.08 bits per heavy atom. The fourth-order valence-electron chi connectivity index (χ4n) is 3.26. The van der Waals surface area contributed by atoms with Crippen molar-refractivity contribution in [1.29, 1.82) is 0 Å². The summed E-state index contributed by atoms with van der Waals surface area (Å²) in [5.41, 5.74) is 0.595. The van der Waals surface area contributed by atoms with Gasteiger partial charge in [0.2, 0.25) is 21.8 Å². The molecular weight excluding hydrogens is 362 g/mol. The minimum absolute atomic E-state index is 0.131. The lowest BCUT2D eigenvalue weighted by atomic mass is 9.98. The molecule has 1 saturated carbocycles. The molecule has 1 aliphatic carbocycles. The van der Waals surface area contributed by atoms with Crippen molar-refractivity contribution in [2.75, 3.05) is 13.1 Å². The van der Waals surface area contributed by atoms with E-state index in [0.29, 0.717) is 48.3 Å². The molecule has 1 aromatic heterocycles. The molecule has 6 nitrogen and oxygen atoms in total. The molecule has 2 heterocycles. The van der Waals surface area contributed by atoms with E-state index in [9.17, 15) is 8.42 Å². The molecule has 0 unspecified atom stereocenters. The molecular formula is C17H20ClN3O3S. The predicted molar refractivity (Wildman–Crippen MR) is 93.2 cm³/mol. The van der Waals surface area contributed by atoms with E-state index in [0.717, 1.165) is 18.7 Å². The van der Waals surface area contributed by atoms with E-state index in [1.165, 1.54) is 4.31 Å². The van der Waals surface area contributed by atoms with E-state index in [1.807, 2.05) is 0 Å². The Bertz CT molecular complexity index is 884. The van der Waals surface area contributed by atoms with Gasteiger partial charge in [0.05, 0.1) is 4.90 Å². The van der Waals surface area contributed by atoms with Crippen molar-refractivity contribution >= 4 is 21.6 Å². The third kappa shape index (κ3) is 3.20. The topological polar surface area (TPSA) is 76.3 Å². The van der Waals surface area contributed by atoms with Crippen LogP contribution in [-0.2, 0) is 10.0 Å². The van der Waals surface area contributed by atoms with E-state index in [2.05, 4.69) is 10.2 Å². The first kappa shape index (κ1) is 17.0. The molecule has 25 heavy (non-hydrogen) atoms. The van der Waals surface area contributed by atoms with Crippen LogP contribution in [0.5, 0.6) is 0 Å². The summed E-state index contributed by atoms with van der Waals surface area (Å²) in [6.07, 6.45) is 3.62. The average molecular weight is 382 g/mol. The van der Waals surface area contributed by atoms with Gasteiger partial charge in [0.25, 0.3) is 0 Å². The van der Waals surface area contributed by atoms with Crippen LogP contribution < -0.4 is 0 Å². The molecule has 134 valence electrons. The molecule has 4 rings (SSSR count). The zero-order valence-electron chi connectivity index (χ0n) is 14.0. The van der Waals surface area contributed by atoms with Gasteiger partial charge in [-0.25, -0.2) is 8.42 Å². The van der Waals surface area contributed by atoms with E-state index in [4.69, 9.17) is 16.0 Å². The zero-order valence-corrected chi connectivity index (χ0v) is 15.6. The summed E-state index contributed by atoms with van der Waals surface area (Å²) in [6.45, 7) is 2.63. The van der Waals surface area contributed by atoms with Crippen LogP contribution in [0.1, 0.15) is 54.9 Å². The molecule has 2 aliphatic rings. The molecule has 2 aromatic rings. The number of piperidine rings is 1. The van der Waals surface area contributed by atoms with Gasteiger partial charge >= 0.3 is 0 Å². The van der Waals surface area contributed by atoms with Gasteiger partial charge in [0.1, 0.15) is 0 Å². The lowest BCUT2D eigenvalue weighted by molar-refractivity contribution is 0.286. The van der Waals surface area contributed by atoms with E-state index < -0.39 is 10.0 Å². The summed E-state index contributed by atoms with van der Waals surface area (Å²) in [5.74, 6) is 1.96. The SMILES string of the molecule is Cc1c(Cl)cccc1S(=O)(=O)N1CCC(c2nnc(C3CC3)o2)CC1. The summed E-state index contributed by atoms with van der Waals surface area (Å²) < 4.78 is 33.1. The quantitative estimate of drug-likeness (QED) is 0.810. The van der Waals surface area contributed by atoms with Crippen LogP contribution in [-0.4, -0.2) is 36.0 Å². The van der Waals surface area contributed by atoms with Crippen molar-refractivity contribution in [3.8, 4) is 0 Å². The average Bonchev–Trinajstić information content (AvgIpc) is 3.34. The fourth-order valence-corrected chi connectivity index (χ4v) is 5.20. The molecule has 1 aliphatic heterocycles. The van der Waals surface area contributed by atoms with Crippen LogP contribution >= 0.6 is 11.6 Å². The number of rotatable bonds is 4. The number of aromatic nitrogens is 2. The molecule has 0 radical (unpaired) electrons. The number of hydrogen-bond acceptors (Lipinski definition) is 5. The van der Waals surface area contributed by atoms with E-state index in [1.54, 1.807) is 25.1 Å². The Hall–Kier alpha value is -1.44. The van der Waals surface area contributed by atoms with Crippen LogP contribution in [0.2, 0.25) is 5.02 Å². The molecule has 2 fully saturated rings. The maximum atomic E-state index is 12.9. The van der Waals surface area contributed by atoms with Gasteiger partial charge in [0, 0.05) is 29.9 Å². The highest BCUT2D eigenvalue weighted by Gasteiger charge is 2.34. The highest BCUT2D eigenvalue weighted by Crippen LogP contribution is 2.40. The standard InChI is InChI=1S/C17H20ClN3O3S/c1-11-14(18)3-2-4-15(11)25(22,23)21-9-7-13(8-10-21)17-20-19-16(24-17)12-5-6-12/h2-4,12-13H,5-10H2,1H3. The molecule has 8 heteroatoms. The number of nitrogens with zero attached hydrogens (tertiary/aromatic N) is 3. The second-order valence-electron chi connectivity index (χ2n) is 6.79. The van der Waals surface area contributed by atoms with Crippen molar-refractivity contribution < 1.29 is 12.8 Å². The highest BCUT2D eigenvalue weighted by atomic mass is 35.5. The van der Waals surface area contributed by atoms with Gasteiger partial charge in [-0.15, -0.1) is 10.2 Å². The van der Waals surface area contributed by atoms with Crippen molar-refractivity contribution in [2.24, 2.45) is 0 Å². The fraction of sp³-hybridized carbons (Fsp3) is 0.529. The van der Waals surface area contributed by atoms with Gasteiger partial charge in [-0.3, -0.25) is 0 Å². The maximum Gasteiger partial charge on any atom is 0.243 e. The second-order valence-corrected chi connectivity index (χ2v) is 9.11. The van der Waals surface area contributed by atoms with Gasteiger partial charge in [0.15, 0.2) is 0 Å². The Balaban J connectivity index is 1.48. The first-order valence-electron chi connectivity index (χ1n) is 8.55. The number of hydrogen-bond donors (Lipinski definition) is 0. The zero-order chi connectivity index (χ0) is 17.6. The Morgan fingerprint density at radius 2 is 1.68 bits per heavy atom. The summed E-state index contributed by atoms with van der Waals surface area (Å²) in [4.78, 5) is 0.284. The molecule has 1 aromatic carbocycles. The minimum Gasteiger partial charge on any atom is -0.425 e. The first-order chi connectivity index (χ1) is 12.0. The lowest BCUT2D eigenvalue weighted by Crippen LogP contribution is -2.38. The summed E-state index contributed by atoms with van der Waals surface area (Å²) in [6, 6.07) is 4.99. The molecule has 0 bridgehead atoms. The Morgan fingerprint density at radius 3 is 2.28 bits per heavy atom. The monoisotopic (exact) mass is 381 g/mol. The van der Waals surface area contributed by atoms with Gasteiger partial charge < -0.3 is 4.42 Å². The van der Waals surface area contributed by atoms with Crippen LogP contribution in [0.25, 0.3) is 0 Å². The predicted octanol–water partition coefficient (Wildman–Crippen LogP) is 3.48. The van der Waals surface area contributed by atoms with Crippen molar-refractivity contribution in [2.45, 2.75) is 49.3 Å². The smallest absolute Gasteiger partial charge is 0.243 e. The summed E-state index contributed by atoms with van der Waals surface area (Å²) in [5, 5.41) is 8.76. The van der Waals surface area contributed by atoms with Gasteiger partial charge in [-0.05, 0) is 50.3 Å². The number of sulfonamides is 1.